The van der Waals surface area contributed by atoms with E-state index >= 15 is 0 Å². The highest BCUT2D eigenvalue weighted by Gasteiger charge is 2.11. The van der Waals surface area contributed by atoms with Gasteiger partial charge in [0.2, 0.25) is 0 Å². The van der Waals surface area contributed by atoms with Gasteiger partial charge < -0.3 is 10.1 Å². The number of morpholine rings is 1. The molecule has 4 heteroatoms. The van der Waals surface area contributed by atoms with Gasteiger partial charge in [0.15, 0.2) is 0 Å². The van der Waals surface area contributed by atoms with Gasteiger partial charge in [-0.1, -0.05) is 19.9 Å². The minimum Gasteiger partial charge on any atom is -0.379 e. The predicted molar refractivity (Wildman–Crippen MR) is 72.3 cm³/mol. The van der Waals surface area contributed by atoms with Gasteiger partial charge in [-0.15, -0.1) is 0 Å². The van der Waals surface area contributed by atoms with E-state index in [1.54, 1.807) is 0 Å². The van der Waals surface area contributed by atoms with E-state index in [4.69, 9.17) is 4.74 Å². The van der Waals surface area contributed by atoms with Crippen molar-refractivity contribution in [1.29, 1.82) is 0 Å². The summed E-state index contributed by atoms with van der Waals surface area (Å²) < 4.78 is 5.34. The topological polar surface area (TPSA) is 37.4 Å². The van der Waals surface area contributed by atoms with Crippen molar-refractivity contribution in [3.05, 3.63) is 29.6 Å². The number of nitrogens with zero attached hydrogens (tertiary/aromatic N) is 2. The summed E-state index contributed by atoms with van der Waals surface area (Å²) in [5.74, 6) is 0. The lowest BCUT2D eigenvalue weighted by molar-refractivity contribution is 0.0336. The van der Waals surface area contributed by atoms with Crippen LogP contribution in [0.5, 0.6) is 0 Å². The zero-order valence-corrected chi connectivity index (χ0v) is 11.4. The van der Waals surface area contributed by atoms with Crippen molar-refractivity contribution in [2.75, 3.05) is 26.3 Å². The number of rotatable bonds is 5. The fourth-order valence-corrected chi connectivity index (χ4v) is 1.96. The lowest BCUT2D eigenvalue weighted by atomic mass is 10.2. The lowest BCUT2D eigenvalue weighted by Crippen LogP contribution is -2.35. The van der Waals surface area contributed by atoms with E-state index in [0.717, 1.165) is 45.1 Å². The van der Waals surface area contributed by atoms with Crippen LogP contribution in [0.2, 0.25) is 0 Å². The van der Waals surface area contributed by atoms with Crippen LogP contribution in [0.3, 0.4) is 0 Å². The molecule has 1 N–H and O–H groups in total. The van der Waals surface area contributed by atoms with Crippen molar-refractivity contribution in [3.63, 3.8) is 0 Å². The van der Waals surface area contributed by atoms with Crippen LogP contribution in [0.15, 0.2) is 18.3 Å². The number of hydrogen-bond donors (Lipinski definition) is 1. The molecule has 18 heavy (non-hydrogen) atoms. The predicted octanol–water partition coefficient (Wildman–Crippen LogP) is 1.41. The average molecular weight is 249 g/mol. The summed E-state index contributed by atoms with van der Waals surface area (Å²) in [7, 11) is 0. The summed E-state index contributed by atoms with van der Waals surface area (Å²) in [4.78, 5) is 6.92. The van der Waals surface area contributed by atoms with Crippen LogP contribution in [0.1, 0.15) is 25.1 Å². The zero-order chi connectivity index (χ0) is 12.8. The van der Waals surface area contributed by atoms with Crippen LogP contribution in [0.25, 0.3) is 0 Å². The highest BCUT2D eigenvalue weighted by molar-refractivity contribution is 5.14. The van der Waals surface area contributed by atoms with Gasteiger partial charge in [0, 0.05) is 38.4 Å². The number of hydrogen-bond acceptors (Lipinski definition) is 4. The van der Waals surface area contributed by atoms with Crippen LogP contribution >= 0.6 is 0 Å². The molecule has 1 aliphatic rings. The molecule has 0 saturated carbocycles. The van der Waals surface area contributed by atoms with Gasteiger partial charge in [-0.25, -0.2) is 0 Å². The Labute approximate surface area is 109 Å². The third-order valence-electron chi connectivity index (χ3n) is 3.09. The minimum atomic E-state index is 0.512. The average Bonchev–Trinajstić information content (AvgIpc) is 2.39. The van der Waals surface area contributed by atoms with Crippen LogP contribution < -0.4 is 5.32 Å². The third kappa shape index (κ3) is 4.37. The van der Waals surface area contributed by atoms with Crippen molar-refractivity contribution in [1.82, 2.24) is 15.2 Å². The Morgan fingerprint density at radius 2 is 2.11 bits per heavy atom. The van der Waals surface area contributed by atoms with Crippen molar-refractivity contribution in [2.45, 2.75) is 33.0 Å². The minimum absolute atomic E-state index is 0.512. The van der Waals surface area contributed by atoms with Gasteiger partial charge in [-0.3, -0.25) is 9.88 Å². The molecule has 0 bridgehead atoms. The fourth-order valence-electron chi connectivity index (χ4n) is 1.96. The first-order chi connectivity index (χ1) is 8.74. The van der Waals surface area contributed by atoms with Gasteiger partial charge in [-0.05, 0) is 11.6 Å². The zero-order valence-electron chi connectivity index (χ0n) is 11.4. The van der Waals surface area contributed by atoms with Crippen LogP contribution in [0.4, 0.5) is 0 Å². The van der Waals surface area contributed by atoms with E-state index in [9.17, 15) is 0 Å². The molecular formula is C14H23N3O. The molecule has 0 unspecified atom stereocenters. The smallest absolute Gasteiger partial charge is 0.0594 e. The van der Waals surface area contributed by atoms with Gasteiger partial charge in [0.05, 0.1) is 18.9 Å². The highest BCUT2D eigenvalue weighted by atomic mass is 16.5. The molecular weight excluding hydrogens is 226 g/mol. The largest absolute Gasteiger partial charge is 0.379 e. The molecule has 1 saturated heterocycles. The second-order valence-electron chi connectivity index (χ2n) is 5.08. The molecule has 100 valence electrons. The first-order valence-corrected chi connectivity index (χ1v) is 6.71. The number of ether oxygens (including phenoxy) is 1. The molecule has 0 radical (unpaired) electrons. The Hall–Kier alpha value is -0.970. The van der Waals surface area contributed by atoms with Crippen LogP contribution in [-0.4, -0.2) is 42.2 Å². The molecule has 1 aliphatic heterocycles. The monoisotopic (exact) mass is 249 g/mol. The Morgan fingerprint density at radius 3 is 2.72 bits per heavy atom. The summed E-state index contributed by atoms with van der Waals surface area (Å²) in [5, 5.41) is 3.40. The maximum atomic E-state index is 5.34. The van der Waals surface area contributed by atoms with Gasteiger partial charge in [0.25, 0.3) is 0 Å². The number of pyridine rings is 1. The Bertz CT molecular complexity index is 345. The van der Waals surface area contributed by atoms with E-state index in [1.807, 2.05) is 6.20 Å². The summed E-state index contributed by atoms with van der Waals surface area (Å²) in [5.41, 5.74) is 2.39. The second kappa shape index (κ2) is 6.83. The molecule has 0 spiro atoms. The van der Waals surface area contributed by atoms with Crippen molar-refractivity contribution in [3.8, 4) is 0 Å². The molecule has 4 nitrogen and oxygen atoms in total. The number of aromatic nitrogens is 1. The van der Waals surface area contributed by atoms with Crippen LogP contribution in [-0.2, 0) is 17.8 Å². The van der Waals surface area contributed by atoms with E-state index in [1.165, 1.54) is 5.56 Å². The molecule has 0 atom stereocenters. The summed E-state index contributed by atoms with van der Waals surface area (Å²) in [6.45, 7) is 9.84. The Kier molecular flexibility index (Phi) is 5.11. The first-order valence-electron chi connectivity index (χ1n) is 6.71. The Morgan fingerprint density at radius 1 is 1.33 bits per heavy atom. The number of nitrogens with one attached hydrogen (secondary N) is 1. The molecule has 2 heterocycles. The van der Waals surface area contributed by atoms with Crippen LogP contribution in [0, 0.1) is 0 Å². The maximum Gasteiger partial charge on any atom is 0.0594 e. The van der Waals surface area contributed by atoms with E-state index in [0.29, 0.717) is 6.04 Å². The first kappa shape index (κ1) is 13.5. The van der Waals surface area contributed by atoms with Gasteiger partial charge in [0.1, 0.15) is 0 Å². The van der Waals surface area contributed by atoms with Crippen molar-refractivity contribution in [2.24, 2.45) is 0 Å². The van der Waals surface area contributed by atoms with Gasteiger partial charge in [-0.2, -0.15) is 0 Å². The molecule has 0 aromatic carbocycles. The summed E-state index contributed by atoms with van der Waals surface area (Å²) >= 11 is 0. The molecule has 1 fully saturated rings. The normalized spacial score (nSPS) is 17.3. The maximum absolute atomic E-state index is 5.34. The SMILES string of the molecule is CC(C)NCc1ccc(CN2CCOCC2)nc1. The standard InChI is InChI=1S/C14H23N3O/c1-12(2)15-9-13-3-4-14(16-10-13)11-17-5-7-18-8-6-17/h3-4,10,12,15H,5-9,11H2,1-2H3. The van der Waals surface area contributed by atoms with E-state index < -0.39 is 0 Å². The quantitative estimate of drug-likeness (QED) is 0.856. The van der Waals surface area contributed by atoms with E-state index in [-0.39, 0.29) is 0 Å². The third-order valence-corrected chi connectivity index (χ3v) is 3.09. The fraction of sp³-hybridized carbons (Fsp3) is 0.643. The van der Waals surface area contributed by atoms with Crippen molar-refractivity contribution < 1.29 is 4.74 Å². The van der Waals surface area contributed by atoms with Gasteiger partial charge >= 0.3 is 0 Å². The highest BCUT2D eigenvalue weighted by Crippen LogP contribution is 2.06. The second-order valence-corrected chi connectivity index (χ2v) is 5.08. The van der Waals surface area contributed by atoms with E-state index in [2.05, 4.69) is 41.2 Å². The molecule has 0 aliphatic carbocycles. The summed E-state index contributed by atoms with van der Waals surface area (Å²) in [6.07, 6.45) is 1.98. The Balaban J connectivity index is 1.83. The summed E-state index contributed by atoms with van der Waals surface area (Å²) in [6, 6.07) is 4.81. The lowest BCUT2D eigenvalue weighted by Gasteiger charge is -2.26. The molecule has 2 rings (SSSR count). The van der Waals surface area contributed by atoms with Crippen molar-refractivity contribution >= 4 is 0 Å². The molecule has 1 aromatic heterocycles. The molecule has 0 amide bonds. The molecule has 1 aromatic rings.